The van der Waals surface area contributed by atoms with Crippen LogP contribution in [0.2, 0.25) is 0 Å². The molecule has 1 unspecified atom stereocenters. The fourth-order valence-corrected chi connectivity index (χ4v) is 4.42. The second-order valence-corrected chi connectivity index (χ2v) is 7.73. The van der Waals surface area contributed by atoms with E-state index in [0.29, 0.717) is 12.5 Å². The smallest absolute Gasteiger partial charge is 0.277 e. The number of fused-ring (bicyclic) bond motifs is 1. The summed E-state index contributed by atoms with van der Waals surface area (Å²) < 4.78 is 1.23. The number of para-hydroxylation sites is 1. The average Bonchev–Trinajstić information content (AvgIpc) is 3.06. The lowest BCUT2D eigenvalue weighted by atomic mass is 9.99. The van der Waals surface area contributed by atoms with Crippen LogP contribution < -0.4 is 10.2 Å². The van der Waals surface area contributed by atoms with Crippen molar-refractivity contribution < 1.29 is 14.5 Å². The number of carbonyl (C=O) groups excluding carboxylic acids is 2. The van der Waals surface area contributed by atoms with Gasteiger partial charge in [0, 0.05) is 14.1 Å². The summed E-state index contributed by atoms with van der Waals surface area (Å²) in [5.41, 5.74) is 1.07. The van der Waals surface area contributed by atoms with Crippen LogP contribution in [0.1, 0.15) is 23.8 Å². The van der Waals surface area contributed by atoms with Gasteiger partial charge in [-0.15, -0.1) is 11.3 Å². The monoisotopic (exact) mass is 361 g/mol. The van der Waals surface area contributed by atoms with Crippen molar-refractivity contribution in [1.82, 2.24) is 15.2 Å². The van der Waals surface area contributed by atoms with E-state index in [2.05, 4.69) is 17.4 Å². The molecule has 2 N–H and O–H groups in total. The first-order valence-corrected chi connectivity index (χ1v) is 9.52. The van der Waals surface area contributed by atoms with Crippen molar-refractivity contribution in [1.29, 1.82) is 0 Å². The molecular weight excluding hydrogens is 336 g/mol. The van der Waals surface area contributed by atoms with Gasteiger partial charge in [0.15, 0.2) is 6.54 Å². The Morgan fingerprint density at radius 1 is 1.40 bits per heavy atom. The van der Waals surface area contributed by atoms with Crippen molar-refractivity contribution in [3.05, 3.63) is 29.3 Å². The van der Waals surface area contributed by atoms with Crippen molar-refractivity contribution in [3.8, 4) is 0 Å². The van der Waals surface area contributed by atoms with Gasteiger partial charge < -0.3 is 15.1 Å². The van der Waals surface area contributed by atoms with Gasteiger partial charge in [0.1, 0.15) is 5.01 Å². The van der Waals surface area contributed by atoms with Crippen LogP contribution in [0.3, 0.4) is 0 Å². The van der Waals surface area contributed by atoms with Crippen molar-refractivity contribution in [3.63, 3.8) is 0 Å². The molecule has 1 aromatic carbocycles. The molecule has 25 heavy (non-hydrogen) atoms. The standard InChI is InChI=1S/C18H24N4O2S/c1-19-16(23)11-21(2)17(24)12-22-9-5-6-13(10-22)18-20-14-7-3-4-8-15(14)25-18/h3-4,7-8,13H,5-6,9-12H2,1-2H3,(H,19,23)/p+1/t13-/m1/s1. The Bertz CT molecular complexity index is 727. The van der Waals surface area contributed by atoms with Crippen LogP contribution in [-0.4, -0.2) is 62.0 Å². The highest BCUT2D eigenvalue weighted by molar-refractivity contribution is 7.18. The molecule has 1 fully saturated rings. The maximum absolute atomic E-state index is 12.4. The molecule has 1 aromatic heterocycles. The summed E-state index contributed by atoms with van der Waals surface area (Å²) in [6.07, 6.45) is 2.23. The maximum Gasteiger partial charge on any atom is 0.277 e. The number of piperidine rings is 1. The quantitative estimate of drug-likeness (QED) is 0.803. The van der Waals surface area contributed by atoms with Crippen LogP contribution in [0, 0.1) is 0 Å². The van der Waals surface area contributed by atoms with E-state index in [0.717, 1.165) is 31.4 Å². The van der Waals surface area contributed by atoms with Crippen LogP contribution >= 0.6 is 11.3 Å². The summed E-state index contributed by atoms with van der Waals surface area (Å²) in [5.74, 6) is 0.290. The second-order valence-electron chi connectivity index (χ2n) is 6.66. The van der Waals surface area contributed by atoms with E-state index < -0.39 is 0 Å². The summed E-state index contributed by atoms with van der Waals surface area (Å²) in [7, 11) is 3.27. The van der Waals surface area contributed by atoms with Gasteiger partial charge in [-0.05, 0) is 25.0 Å². The van der Waals surface area contributed by atoms with Crippen LogP contribution in [0.5, 0.6) is 0 Å². The third-order valence-corrected chi connectivity index (χ3v) is 5.96. The van der Waals surface area contributed by atoms with Gasteiger partial charge in [0.2, 0.25) is 5.91 Å². The number of likely N-dealkylation sites (N-methyl/N-ethyl adjacent to an activating group) is 2. The number of thiazole rings is 1. The molecule has 134 valence electrons. The Labute approximate surface area is 151 Å². The van der Waals surface area contributed by atoms with Gasteiger partial charge in [-0.3, -0.25) is 9.59 Å². The van der Waals surface area contributed by atoms with E-state index in [1.54, 1.807) is 25.4 Å². The fourth-order valence-electron chi connectivity index (χ4n) is 3.32. The molecule has 0 bridgehead atoms. The minimum atomic E-state index is -0.142. The van der Waals surface area contributed by atoms with Gasteiger partial charge in [0.25, 0.3) is 5.91 Å². The molecule has 2 atom stereocenters. The molecule has 1 aliphatic rings. The zero-order valence-corrected chi connectivity index (χ0v) is 15.6. The lowest BCUT2D eigenvalue weighted by molar-refractivity contribution is -0.898. The third-order valence-electron chi connectivity index (χ3n) is 4.76. The number of likely N-dealkylation sites (tertiary alicyclic amines) is 1. The average molecular weight is 361 g/mol. The molecule has 3 rings (SSSR count). The minimum Gasteiger partial charge on any atom is -0.358 e. The van der Waals surface area contributed by atoms with E-state index in [9.17, 15) is 9.59 Å². The van der Waals surface area contributed by atoms with Gasteiger partial charge in [-0.2, -0.15) is 0 Å². The summed E-state index contributed by atoms with van der Waals surface area (Å²) in [5, 5.41) is 3.73. The Balaban J connectivity index is 1.61. The first-order chi connectivity index (χ1) is 12.1. The van der Waals surface area contributed by atoms with E-state index in [-0.39, 0.29) is 18.4 Å². The molecule has 0 aliphatic carbocycles. The van der Waals surface area contributed by atoms with E-state index in [1.807, 2.05) is 12.1 Å². The number of aromatic nitrogens is 1. The molecule has 7 heteroatoms. The van der Waals surface area contributed by atoms with Crippen molar-refractivity contribution in [2.45, 2.75) is 18.8 Å². The number of carbonyl (C=O) groups is 2. The van der Waals surface area contributed by atoms with Crippen LogP contribution in [0.25, 0.3) is 10.2 Å². The lowest BCUT2D eigenvalue weighted by Gasteiger charge is -2.29. The van der Waals surface area contributed by atoms with E-state index in [1.165, 1.54) is 19.5 Å². The fraction of sp³-hybridized carbons (Fsp3) is 0.500. The predicted molar refractivity (Wildman–Crippen MR) is 98.9 cm³/mol. The first-order valence-electron chi connectivity index (χ1n) is 8.70. The molecule has 0 saturated carbocycles. The maximum atomic E-state index is 12.4. The zero-order chi connectivity index (χ0) is 17.8. The Morgan fingerprint density at radius 2 is 2.20 bits per heavy atom. The summed E-state index contributed by atoms with van der Waals surface area (Å²) in [4.78, 5) is 31.4. The second kappa shape index (κ2) is 7.93. The molecule has 0 radical (unpaired) electrons. The molecular formula is C18H25N4O2S+. The van der Waals surface area contributed by atoms with Crippen LogP contribution in [0.15, 0.2) is 24.3 Å². The Hall–Kier alpha value is -1.99. The Morgan fingerprint density at radius 3 is 2.96 bits per heavy atom. The van der Waals surface area contributed by atoms with E-state index in [4.69, 9.17) is 4.98 Å². The number of benzene rings is 1. The highest BCUT2D eigenvalue weighted by atomic mass is 32.1. The number of nitrogens with zero attached hydrogens (tertiary/aromatic N) is 2. The van der Waals surface area contributed by atoms with Gasteiger partial charge in [0.05, 0.1) is 35.8 Å². The summed E-state index contributed by atoms with van der Waals surface area (Å²) in [6, 6.07) is 8.23. The van der Waals surface area contributed by atoms with Gasteiger partial charge in [-0.1, -0.05) is 12.1 Å². The zero-order valence-electron chi connectivity index (χ0n) is 14.7. The minimum absolute atomic E-state index is 0.0172. The highest BCUT2D eigenvalue weighted by Gasteiger charge is 2.29. The van der Waals surface area contributed by atoms with Crippen molar-refractivity contribution in [2.24, 2.45) is 0 Å². The normalized spacial score (nSPS) is 20.4. The molecule has 2 aromatic rings. The molecule has 2 amide bonds. The first kappa shape index (κ1) is 17.8. The number of rotatable bonds is 5. The molecule has 2 heterocycles. The Kier molecular flexibility index (Phi) is 5.65. The molecule has 0 spiro atoms. The predicted octanol–water partition coefficient (Wildman–Crippen LogP) is 0.263. The van der Waals surface area contributed by atoms with Gasteiger partial charge in [-0.25, -0.2) is 4.98 Å². The topological polar surface area (TPSA) is 66.7 Å². The molecule has 1 aliphatic heterocycles. The number of hydrogen-bond donors (Lipinski definition) is 2. The number of nitrogens with one attached hydrogen (secondary N) is 2. The van der Waals surface area contributed by atoms with Crippen LogP contribution in [0.4, 0.5) is 0 Å². The summed E-state index contributed by atoms with van der Waals surface area (Å²) >= 11 is 1.77. The van der Waals surface area contributed by atoms with Gasteiger partial charge >= 0.3 is 0 Å². The number of quaternary nitrogens is 1. The van der Waals surface area contributed by atoms with E-state index >= 15 is 0 Å². The lowest BCUT2D eigenvalue weighted by Crippen LogP contribution is -3.14. The highest BCUT2D eigenvalue weighted by Crippen LogP contribution is 2.30. The summed E-state index contributed by atoms with van der Waals surface area (Å²) in [6.45, 7) is 2.49. The molecule has 1 saturated heterocycles. The number of amides is 2. The largest absolute Gasteiger partial charge is 0.358 e. The van der Waals surface area contributed by atoms with Crippen LogP contribution in [-0.2, 0) is 9.59 Å². The third kappa shape index (κ3) is 4.35. The molecule has 6 nitrogen and oxygen atoms in total. The number of hydrogen-bond acceptors (Lipinski definition) is 4. The van der Waals surface area contributed by atoms with Crippen molar-refractivity contribution >= 4 is 33.4 Å². The SMILES string of the molecule is CNC(=O)CN(C)C(=O)C[NH+]1CCC[C@@H](c2nc3ccccc3s2)C1. The van der Waals surface area contributed by atoms with Crippen molar-refractivity contribution in [2.75, 3.05) is 40.3 Å².